The minimum absolute atomic E-state index is 0.293. The molecule has 1 saturated heterocycles. The van der Waals surface area contributed by atoms with Crippen molar-refractivity contribution >= 4 is 39.9 Å². The number of rotatable bonds is 4. The molecule has 166 valence electrons. The summed E-state index contributed by atoms with van der Waals surface area (Å²) in [7, 11) is 0. The van der Waals surface area contributed by atoms with Gasteiger partial charge in [-0.05, 0) is 42.0 Å². The van der Waals surface area contributed by atoms with Gasteiger partial charge in [0.15, 0.2) is 0 Å². The van der Waals surface area contributed by atoms with E-state index in [1.165, 1.54) is 0 Å². The molecule has 0 radical (unpaired) electrons. The first kappa shape index (κ1) is 21.2. The lowest BCUT2D eigenvalue weighted by atomic mass is 10.0. The van der Waals surface area contributed by atoms with Gasteiger partial charge in [-0.15, -0.1) is 0 Å². The second-order valence-corrected chi connectivity index (χ2v) is 8.16. The first-order valence-electron chi connectivity index (χ1n) is 10.7. The predicted octanol–water partition coefficient (Wildman–Crippen LogP) is 5.20. The van der Waals surface area contributed by atoms with Crippen LogP contribution >= 0.6 is 11.6 Å². The topological polar surface area (TPSA) is 71.8 Å². The van der Waals surface area contributed by atoms with Crippen LogP contribution in [-0.2, 0) is 4.74 Å². The van der Waals surface area contributed by atoms with Crippen LogP contribution in [0.25, 0.3) is 22.1 Å². The molecule has 1 aliphatic heterocycles. The summed E-state index contributed by atoms with van der Waals surface area (Å²) in [5.41, 5.74) is 2.93. The molecule has 6 nitrogen and oxygen atoms in total. The summed E-state index contributed by atoms with van der Waals surface area (Å²) in [5.74, 6) is -0.293. The first-order chi connectivity index (χ1) is 16.1. The highest BCUT2D eigenvalue weighted by Gasteiger charge is 2.20. The average molecular weight is 461 g/mol. The van der Waals surface area contributed by atoms with E-state index < -0.39 is 5.63 Å². The zero-order valence-electron chi connectivity index (χ0n) is 17.7. The Morgan fingerprint density at radius 2 is 1.73 bits per heavy atom. The number of nitrogens with zero attached hydrogens (tertiary/aromatic N) is 1. The quantitative estimate of drug-likeness (QED) is 0.424. The zero-order chi connectivity index (χ0) is 22.8. The van der Waals surface area contributed by atoms with Crippen LogP contribution in [-0.4, -0.2) is 32.2 Å². The molecule has 1 aliphatic rings. The number of hydrogen-bond donors (Lipinski definition) is 1. The van der Waals surface area contributed by atoms with E-state index in [4.69, 9.17) is 20.8 Å². The van der Waals surface area contributed by atoms with Gasteiger partial charge in [-0.1, -0.05) is 48.0 Å². The monoisotopic (exact) mass is 460 g/mol. The Balaban J connectivity index is 1.46. The van der Waals surface area contributed by atoms with Gasteiger partial charge in [0.1, 0.15) is 5.58 Å². The smallest absolute Gasteiger partial charge is 0.344 e. The lowest BCUT2D eigenvalue weighted by Crippen LogP contribution is -2.37. The molecule has 2 heterocycles. The van der Waals surface area contributed by atoms with E-state index in [-0.39, 0.29) is 5.91 Å². The highest BCUT2D eigenvalue weighted by Crippen LogP contribution is 2.35. The number of benzene rings is 3. The summed E-state index contributed by atoms with van der Waals surface area (Å²) >= 11 is 6.48. The van der Waals surface area contributed by atoms with Crippen LogP contribution in [0.1, 0.15) is 10.4 Å². The first-order valence-corrected chi connectivity index (χ1v) is 11.0. The van der Waals surface area contributed by atoms with Gasteiger partial charge in [-0.25, -0.2) is 4.79 Å². The van der Waals surface area contributed by atoms with Gasteiger partial charge in [-0.3, -0.25) is 4.79 Å². The summed E-state index contributed by atoms with van der Waals surface area (Å²) in [6.45, 7) is 2.60. The Hall–Kier alpha value is -3.61. The molecular weight excluding hydrogens is 440 g/mol. The van der Waals surface area contributed by atoms with E-state index in [1.54, 1.807) is 42.5 Å². The number of nitrogens with one attached hydrogen (secondary N) is 1. The molecule has 7 heteroatoms. The van der Waals surface area contributed by atoms with Crippen LogP contribution in [0.15, 0.2) is 82.0 Å². The van der Waals surface area contributed by atoms with Crippen LogP contribution in [0.4, 0.5) is 11.4 Å². The Kier molecular flexibility index (Phi) is 5.86. The van der Waals surface area contributed by atoms with E-state index in [1.807, 2.05) is 30.3 Å². The van der Waals surface area contributed by atoms with Crippen LogP contribution in [0, 0.1) is 0 Å². The van der Waals surface area contributed by atoms with E-state index in [0.29, 0.717) is 59.3 Å². The Morgan fingerprint density at radius 1 is 0.939 bits per heavy atom. The molecular formula is C26H21ClN2O4. The molecule has 0 bridgehead atoms. The van der Waals surface area contributed by atoms with Gasteiger partial charge in [0.2, 0.25) is 0 Å². The third-order valence-corrected chi connectivity index (χ3v) is 5.94. The fraction of sp³-hybridized carbons (Fsp3) is 0.154. The van der Waals surface area contributed by atoms with Gasteiger partial charge in [0.25, 0.3) is 5.91 Å². The van der Waals surface area contributed by atoms with Crippen molar-refractivity contribution in [2.24, 2.45) is 0 Å². The number of para-hydroxylation sites is 2. The number of fused-ring (bicyclic) bond motifs is 1. The average Bonchev–Trinajstić information content (AvgIpc) is 2.84. The Bertz CT molecular complexity index is 1390. The van der Waals surface area contributed by atoms with E-state index in [9.17, 15) is 9.59 Å². The Morgan fingerprint density at radius 3 is 2.58 bits per heavy atom. The molecule has 0 spiro atoms. The molecule has 1 N–H and O–H groups in total. The van der Waals surface area contributed by atoms with Gasteiger partial charge in [0.05, 0.1) is 35.2 Å². The van der Waals surface area contributed by atoms with Crippen molar-refractivity contribution in [2.75, 3.05) is 36.5 Å². The molecule has 4 aromatic rings. The third-order valence-electron chi connectivity index (χ3n) is 5.64. The molecule has 0 unspecified atom stereocenters. The second-order valence-electron chi connectivity index (χ2n) is 7.76. The highest BCUT2D eigenvalue weighted by atomic mass is 35.5. The molecule has 1 amide bonds. The maximum atomic E-state index is 13.1. The van der Waals surface area contributed by atoms with Crippen molar-refractivity contribution < 1.29 is 13.9 Å². The third kappa shape index (κ3) is 4.35. The molecule has 1 fully saturated rings. The van der Waals surface area contributed by atoms with Gasteiger partial charge in [0, 0.05) is 24.0 Å². The van der Waals surface area contributed by atoms with Gasteiger partial charge < -0.3 is 19.4 Å². The fourth-order valence-corrected chi connectivity index (χ4v) is 4.30. The molecule has 3 aromatic carbocycles. The SMILES string of the molecule is O=C(Nc1cccc(Cl)c1N1CCOCC1)c1cccc(-c2cc3ccccc3oc2=O)c1. The molecule has 0 aliphatic carbocycles. The number of hydrogen-bond acceptors (Lipinski definition) is 5. The largest absolute Gasteiger partial charge is 0.422 e. The van der Waals surface area contributed by atoms with Crippen LogP contribution in [0.3, 0.4) is 0 Å². The van der Waals surface area contributed by atoms with Crippen molar-refractivity contribution in [3.8, 4) is 11.1 Å². The number of anilines is 2. The normalized spacial score (nSPS) is 13.8. The van der Waals surface area contributed by atoms with Crippen molar-refractivity contribution in [3.05, 3.63) is 93.8 Å². The molecule has 5 rings (SSSR count). The van der Waals surface area contributed by atoms with Crippen LogP contribution in [0.2, 0.25) is 5.02 Å². The number of ether oxygens (including phenoxy) is 1. The van der Waals surface area contributed by atoms with Crippen molar-refractivity contribution in [3.63, 3.8) is 0 Å². The summed E-state index contributed by atoms with van der Waals surface area (Å²) in [4.78, 5) is 27.8. The Labute approximate surface area is 195 Å². The highest BCUT2D eigenvalue weighted by molar-refractivity contribution is 6.34. The van der Waals surface area contributed by atoms with Crippen molar-refractivity contribution in [1.29, 1.82) is 0 Å². The summed E-state index contributed by atoms with van der Waals surface area (Å²) < 4.78 is 10.9. The van der Waals surface area contributed by atoms with E-state index in [2.05, 4.69) is 10.2 Å². The minimum Gasteiger partial charge on any atom is -0.422 e. The molecule has 1 aromatic heterocycles. The lowest BCUT2D eigenvalue weighted by Gasteiger charge is -2.31. The van der Waals surface area contributed by atoms with E-state index in [0.717, 1.165) is 11.1 Å². The maximum absolute atomic E-state index is 13.1. The minimum atomic E-state index is -0.448. The number of amides is 1. The second kappa shape index (κ2) is 9.10. The predicted molar refractivity (Wildman–Crippen MR) is 130 cm³/mol. The van der Waals surface area contributed by atoms with Crippen LogP contribution < -0.4 is 15.8 Å². The van der Waals surface area contributed by atoms with Gasteiger partial charge >= 0.3 is 5.63 Å². The molecule has 0 saturated carbocycles. The van der Waals surface area contributed by atoms with Gasteiger partial charge in [-0.2, -0.15) is 0 Å². The molecule has 0 atom stereocenters. The number of morpholine rings is 1. The summed E-state index contributed by atoms with van der Waals surface area (Å²) in [5, 5.41) is 4.36. The summed E-state index contributed by atoms with van der Waals surface area (Å²) in [6.07, 6.45) is 0. The maximum Gasteiger partial charge on any atom is 0.344 e. The number of carbonyl (C=O) groups is 1. The number of carbonyl (C=O) groups excluding carboxylic acids is 1. The standard InChI is InChI=1S/C26H21ClN2O4/c27-21-8-4-9-22(24(21)29-11-13-32-14-12-29)28-25(30)19-7-3-6-17(15-19)20-16-18-5-1-2-10-23(18)33-26(20)31/h1-10,15-16H,11-14H2,(H,28,30). The number of halogens is 1. The van der Waals surface area contributed by atoms with E-state index >= 15 is 0 Å². The molecule has 33 heavy (non-hydrogen) atoms. The fourth-order valence-electron chi connectivity index (χ4n) is 4.01. The summed E-state index contributed by atoms with van der Waals surface area (Å²) in [6, 6.07) is 21.5. The van der Waals surface area contributed by atoms with Crippen molar-refractivity contribution in [1.82, 2.24) is 0 Å². The zero-order valence-corrected chi connectivity index (χ0v) is 18.5. The van der Waals surface area contributed by atoms with Crippen LogP contribution in [0.5, 0.6) is 0 Å². The lowest BCUT2D eigenvalue weighted by molar-refractivity contribution is 0.102. The van der Waals surface area contributed by atoms with Crippen molar-refractivity contribution in [2.45, 2.75) is 0 Å².